The van der Waals surface area contributed by atoms with Crippen molar-refractivity contribution in [2.45, 2.75) is 72.6 Å². The largest absolute Gasteiger partial charge is 0.481 e. The van der Waals surface area contributed by atoms with Gasteiger partial charge in [0.2, 0.25) is 0 Å². The van der Waals surface area contributed by atoms with Crippen molar-refractivity contribution in [2.75, 3.05) is 0 Å². The van der Waals surface area contributed by atoms with Crippen LogP contribution in [0, 0.1) is 17.8 Å². The van der Waals surface area contributed by atoms with Gasteiger partial charge in [-0.05, 0) is 17.8 Å². The van der Waals surface area contributed by atoms with Crippen LogP contribution in [0.3, 0.4) is 0 Å². The molecule has 0 unspecified atom stereocenters. The average molecular weight is 242 g/mol. The lowest BCUT2D eigenvalue weighted by Gasteiger charge is -2.13. The van der Waals surface area contributed by atoms with Crippen molar-refractivity contribution >= 4 is 5.97 Å². The summed E-state index contributed by atoms with van der Waals surface area (Å²) in [5, 5.41) is 8.66. The van der Waals surface area contributed by atoms with Crippen LogP contribution in [-0.2, 0) is 4.79 Å². The van der Waals surface area contributed by atoms with Crippen LogP contribution in [0.2, 0.25) is 0 Å². The van der Waals surface area contributed by atoms with Crippen LogP contribution in [0.25, 0.3) is 0 Å². The Labute approximate surface area is 107 Å². The Morgan fingerprint density at radius 2 is 1.35 bits per heavy atom. The molecule has 0 aliphatic carbocycles. The van der Waals surface area contributed by atoms with Gasteiger partial charge in [-0.3, -0.25) is 4.79 Å². The number of carboxylic acids is 1. The Bertz CT molecular complexity index is 199. The monoisotopic (exact) mass is 242 g/mol. The Morgan fingerprint density at radius 1 is 0.882 bits per heavy atom. The molecule has 0 bridgehead atoms. The van der Waals surface area contributed by atoms with Crippen molar-refractivity contribution in [2.24, 2.45) is 17.8 Å². The molecule has 0 aromatic heterocycles. The highest BCUT2D eigenvalue weighted by Gasteiger charge is 2.09. The van der Waals surface area contributed by atoms with Gasteiger partial charge in [-0.1, -0.05) is 66.2 Å². The molecule has 2 heteroatoms. The quantitative estimate of drug-likeness (QED) is 0.601. The fourth-order valence-electron chi connectivity index (χ4n) is 2.23. The van der Waals surface area contributed by atoms with Crippen molar-refractivity contribution in [3.05, 3.63) is 0 Å². The highest BCUT2D eigenvalue weighted by molar-refractivity contribution is 5.66. The van der Waals surface area contributed by atoms with E-state index in [2.05, 4.69) is 20.8 Å². The van der Waals surface area contributed by atoms with E-state index in [1.54, 1.807) is 0 Å². The smallest absolute Gasteiger partial charge is 0.303 e. The van der Waals surface area contributed by atoms with Gasteiger partial charge in [0.05, 0.1) is 0 Å². The molecule has 17 heavy (non-hydrogen) atoms. The van der Waals surface area contributed by atoms with E-state index in [1.807, 2.05) is 6.92 Å². The van der Waals surface area contributed by atoms with E-state index in [4.69, 9.17) is 5.11 Å². The molecule has 0 aromatic carbocycles. The van der Waals surface area contributed by atoms with E-state index in [9.17, 15) is 4.79 Å². The van der Waals surface area contributed by atoms with Gasteiger partial charge >= 0.3 is 5.97 Å². The van der Waals surface area contributed by atoms with Crippen LogP contribution < -0.4 is 0 Å². The Kier molecular flexibility index (Phi) is 9.20. The fraction of sp³-hybridized carbons (Fsp3) is 0.933. The second-order valence-electron chi connectivity index (χ2n) is 6.06. The Hall–Kier alpha value is -0.530. The zero-order chi connectivity index (χ0) is 13.3. The lowest BCUT2D eigenvalue weighted by molar-refractivity contribution is -0.138. The molecule has 0 aromatic rings. The van der Waals surface area contributed by atoms with E-state index in [0.717, 1.165) is 18.3 Å². The van der Waals surface area contributed by atoms with Gasteiger partial charge in [0.15, 0.2) is 0 Å². The van der Waals surface area contributed by atoms with Gasteiger partial charge in [0.1, 0.15) is 0 Å². The van der Waals surface area contributed by atoms with Gasteiger partial charge in [0.25, 0.3) is 0 Å². The predicted octanol–water partition coefficient (Wildman–Crippen LogP) is 4.73. The van der Waals surface area contributed by atoms with Gasteiger partial charge in [0, 0.05) is 6.42 Å². The van der Waals surface area contributed by atoms with Crippen molar-refractivity contribution < 1.29 is 9.90 Å². The van der Waals surface area contributed by atoms with Crippen molar-refractivity contribution in [3.63, 3.8) is 0 Å². The van der Waals surface area contributed by atoms with Crippen LogP contribution in [0.1, 0.15) is 72.6 Å². The summed E-state index contributed by atoms with van der Waals surface area (Å²) in [5.74, 6) is 1.28. The SMILES string of the molecule is CC(C)CCC[C@H](C)CCC[C@H](C)CC(=O)O. The van der Waals surface area contributed by atoms with Crippen LogP contribution in [0.4, 0.5) is 0 Å². The summed E-state index contributed by atoms with van der Waals surface area (Å²) in [4.78, 5) is 10.5. The van der Waals surface area contributed by atoms with E-state index in [1.165, 1.54) is 32.1 Å². The molecule has 0 rings (SSSR count). The van der Waals surface area contributed by atoms with Gasteiger partial charge in [-0.2, -0.15) is 0 Å². The van der Waals surface area contributed by atoms with Crippen LogP contribution in [0.15, 0.2) is 0 Å². The van der Waals surface area contributed by atoms with E-state index >= 15 is 0 Å². The zero-order valence-electron chi connectivity index (χ0n) is 12.0. The van der Waals surface area contributed by atoms with E-state index in [0.29, 0.717) is 12.3 Å². The van der Waals surface area contributed by atoms with Crippen LogP contribution >= 0.6 is 0 Å². The van der Waals surface area contributed by atoms with Crippen LogP contribution in [-0.4, -0.2) is 11.1 Å². The molecule has 0 saturated carbocycles. The fourth-order valence-corrected chi connectivity index (χ4v) is 2.23. The standard InChI is InChI=1S/C15H30O2/c1-12(2)7-5-8-13(3)9-6-10-14(4)11-15(16)17/h12-14H,5-11H2,1-4H3,(H,16,17)/t13-,14-/m0/s1. The first kappa shape index (κ1) is 16.5. The zero-order valence-corrected chi connectivity index (χ0v) is 12.0. The number of rotatable bonds is 10. The molecule has 0 amide bonds. The average Bonchev–Trinajstić information content (AvgIpc) is 2.15. The molecule has 0 heterocycles. The van der Waals surface area contributed by atoms with E-state index < -0.39 is 5.97 Å². The second-order valence-corrected chi connectivity index (χ2v) is 6.06. The Balaban J connectivity index is 3.44. The molecule has 0 aliphatic heterocycles. The minimum atomic E-state index is -0.664. The number of carboxylic acid groups (broad SMARTS) is 1. The molecular formula is C15H30O2. The maximum absolute atomic E-state index is 10.5. The first-order chi connectivity index (χ1) is 7.91. The number of aliphatic carboxylic acids is 1. The molecule has 102 valence electrons. The van der Waals surface area contributed by atoms with Crippen molar-refractivity contribution in [1.29, 1.82) is 0 Å². The lowest BCUT2D eigenvalue weighted by atomic mass is 9.93. The topological polar surface area (TPSA) is 37.3 Å². The third-order valence-electron chi connectivity index (χ3n) is 3.40. The summed E-state index contributed by atoms with van der Waals surface area (Å²) in [6.45, 7) is 8.91. The molecule has 0 fully saturated rings. The highest BCUT2D eigenvalue weighted by atomic mass is 16.4. The van der Waals surface area contributed by atoms with Crippen molar-refractivity contribution in [3.8, 4) is 0 Å². The molecule has 2 nitrogen and oxygen atoms in total. The lowest BCUT2D eigenvalue weighted by Crippen LogP contribution is -2.05. The number of hydrogen-bond acceptors (Lipinski definition) is 1. The molecule has 0 radical (unpaired) electrons. The summed E-state index contributed by atoms with van der Waals surface area (Å²) in [5.41, 5.74) is 0. The third-order valence-corrected chi connectivity index (χ3v) is 3.40. The molecule has 0 saturated heterocycles. The summed E-state index contributed by atoms with van der Waals surface area (Å²) < 4.78 is 0. The van der Waals surface area contributed by atoms with Crippen LogP contribution in [0.5, 0.6) is 0 Å². The first-order valence-electron chi connectivity index (χ1n) is 7.13. The summed E-state index contributed by atoms with van der Waals surface area (Å²) in [6.07, 6.45) is 7.80. The second kappa shape index (κ2) is 9.49. The molecular weight excluding hydrogens is 212 g/mol. The number of carbonyl (C=O) groups is 1. The minimum absolute atomic E-state index is 0.321. The third kappa shape index (κ3) is 11.7. The molecule has 2 atom stereocenters. The maximum atomic E-state index is 10.5. The normalized spacial score (nSPS) is 14.9. The summed E-state index contributed by atoms with van der Waals surface area (Å²) in [7, 11) is 0. The van der Waals surface area contributed by atoms with Crippen molar-refractivity contribution in [1.82, 2.24) is 0 Å². The van der Waals surface area contributed by atoms with Gasteiger partial charge < -0.3 is 5.11 Å². The number of hydrogen-bond donors (Lipinski definition) is 1. The summed E-state index contributed by atoms with van der Waals surface area (Å²) >= 11 is 0. The first-order valence-corrected chi connectivity index (χ1v) is 7.13. The Morgan fingerprint density at radius 3 is 1.82 bits per heavy atom. The molecule has 0 spiro atoms. The molecule has 1 N–H and O–H groups in total. The minimum Gasteiger partial charge on any atom is -0.481 e. The highest BCUT2D eigenvalue weighted by Crippen LogP contribution is 2.20. The van der Waals surface area contributed by atoms with Gasteiger partial charge in [-0.25, -0.2) is 0 Å². The van der Waals surface area contributed by atoms with E-state index in [-0.39, 0.29) is 0 Å². The summed E-state index contributed by atoms with van der Waals surface area (Å²) in [6, 6.07) is 0. The molecule has 0 aliphatic rings. The van der Waals surface area contributed by atoms with Gasteiger partial charge in [-0.15, -0.1) is 0 Å². The maximum Gasteiger partial charge on any atom is 0.303 e. The predicted molar refractivity (Wildman–Crippen MR) is 73.1 cm³/mol.